The van der Waals surface area contributed by atoms with Crippen LogP contribution in [-0.2, 0) is 17.8 Å². The number of rotatable bonds is 7. The van der Waals surface area contributed by atoms with Crippen molar-refractivity contribution in [3.8, 4) is 0 Å². The van der Waals surface area contributed by atoms with E-state index < -0.39 is 0 Å². The van der Waals surface area contributed by atoms with Crippen molar-refractivity contribution in [2.45, 2.75) is 26.3 Å². The maximum Gasteiger partial charge on any atom is 0.225 e. The molecule has 0 saturated heterocycles. The van der Waals surface area contributed by atoms with Gasteiger partial charge in [-0.15, -0.1) is 0 Å². The maximum absolute atomic E-state index is 11.9. The Kier molecular flexibility index (Phi) is 6.44. The predicted octanol–water partition coefficient (Wildman–Crippen LogP) is 4.02. The molecule has 0 spiro atoms. The number of aryl methyl sites for hydroxylation is 1. The van der Waals surface area contributed by atoms with Crippen LogP contribution in [0.15, 0.2) is 48.5 Å². The first kappa shape index (κ1) is 16.5. The Morgan fingerprint density at radius 3 is 2.50 bits per heavy atom. The third-order valence-electron chi connectivity index (χ3n) is 3.45. The van der Waals surface area contributed by atoms with E-state index in [2.05, 4.69) is 17.6 Å². The van der Waals surface area contributed by atoms with Crippen LogP contribution in [0.3, 0.4) is 0 Å². The van der Waals surface area contributed by atoms with Gasteiger partial charge in [0.25, 0.3) is 0 Å². The molecule has 2 aromatic carbocycles. The van der Waals surface area contributed by atoms with Crippen molar-refractivity contribution >= 4 is 23.2 Å². The highest BCUT2D eigenvalue weighted by Gasteiger charge is 2.03. The average molecular weight is 317 g/mol. The highest BCUT2D eigenvalue weighted by Crippen LogP contribution is 2.14. The minimum Gasteiger partial charge on any atom is -0.326 e. The van der Waals surface area contributed by atoms with E-state index in [9.17, 15) is 4.79 Å². The number of halogens is 1. The largest absolute Gasteiger partial charge is 0.326 e. The first-order valence-corrected chi connectivity index (χ1v) is 7.89. The van der Waals surface area contributed by atoms with Gasteiger partial charge in [-0.05, 0) is 35.7 Å². The van der Waals surface area contributed by atoms with E-state index in [-0.39, 0.29) is 5.91 Å². The highest BCUT2D eigenvalue weighted by molar-refractivity contribution is 6.31. The minimum absolute atomic E-state index is 0.0101. The Bertz CT molecular complexity index is 611. The molecule has 0 atom stereocenters. The summed E-state index contributed by atoms with van der Waals surface area (Å²) in [6.45, 7) is 3.39. The second-order valence-electron chi connectivity index (χ2n) is 5.12. The predicted molar refractivity (Wildman–Crippen MR) is 92.2 cm³/mol. The number of benzene rings is 2. The van der Waals surface area contributed by atoms with Crippen molar-refractivity contribution in [1.82, 2.24) is 5.32 Å². The molecule has 0 aliphatic carbocycles. The van der Waals surface area contributed by atoms with E-state index in [4.69, 9.17) is 11.6 Å². The van der Waals surface area contributed by atoms with Crippen LogP contribution in [0, 0.1) is 0 Å². The Morgan fingerprint density at radius 2 is 1.82 bits per heavy atom. The molecule has 2 aromatic rings. The van der Waals surface area contributed by atoms with Gasteiger partial charge in [0.1, 0.15) is 0 Å². The van der Waals surface area contributed by atoms with Crippen LogP contribution >= 0.6 is 11.6 Å². The van der Waals surface area contributed by atoms with Gasteiger partial charge in [0.2, 0.25) is 5.91 Å². The molecular weight excluding hydrogens is 296 g/mol. The molecule has 0 heterocycles. The van der Waals surface area contributed by atoms with Crippen LogP contribution in [0.2, 0.25) is 5.02 Å². The van der Waals surface area contributed by atoms with E-state index in [0.717, 1.165) is 22.7 Å². The fourth-order valence-corrected chi connectivity index (χ4v) is 2.32. The van der Waals surface area contributed by atoms with E-state index in [1.165, 1.54) is 5.56 Å². The lowest BCUT2D eigenvalue weighted by molar-refractivity contribution is -0.116. The molecule has 4 heteroatoms. The number of nitrogens with one attached hydrogen (secondary N) is 2. The monoisotopic (exact) mass is 316 g/mol. The summed E-state index contributed by atoms with van der Waals surface area (Å²) in [6.07, 6.45) is 1.43. The van der Waals surface area contributed by atoms with Gasteiger partial charge in [-0.2, -0.15) is 0 Å². The SMILES string of the molecule is CCc1ccc(NC(=O)CCNCc2ccccc2Cl)cc1. The van der Waals surface area contributed by atoms with Crippen molar-refractivity contribution in [2.75, 3.05) is 11.9 Å². The first-order chi connectivity index (χ1) is 10.7. The standard InChI is InChI=1S/C18H21ClN2O/c1-2-14-7-9-16(10-8-14)21-18(22)11-12-20-13-15-5-3-4-6-17(15)19/h3-10,20H,2,11-13H2,1H3,(H,21,22). The lowest BCUT2D eigenvalue weighted by atomic mass is 10.1. The minimum atomic E-state index is 0.0101. The number of anilines is 1. The van der Waals surface area contributed by atoms with Crippen molar-refractivity contribution in [1.29, 1.82) is 0 Å². The molecule has 0 saturated carbocycles. The van der Waals surface area contributed by atoms with Gasteiger partial charge in [-0.25, -0.2) is 0 Å². The fraction of sp³-hybridized carbons (Fsp3) is 0.278. The van der Waals surface area contributed by atoms with E-state index >= 15 is 0 Å². The van der Waals surface area contributed by atoms with Gasteiger partial charge < -0.3 is 10.6 Å². The van der Waals surface area contributed by atoms with Crippen LogP contribution in [-0.4, -0.2) is 12.5 Å². The van der Waals surface area contributed by atoms with Crippen LogP contribution in [0.25, 0.3) is 0 Å². The van der Waals surface area contributed by atoms with Crippen LogP contribution < -0.4 is 10.6 Å². The topological polar surface area (TPSA) is 41.1 Å². The summed E-state index contributed by atoms with van der Waals surface area (Å²) in [4.78, 5) is 11.9. The molecule has 1 amide bonds. The lowest BCUT2D eigenvalue weighted by Gasteiger charge is -2.08. The zero-order chi connectivity index (χ0) is 15.8. The summed E-state index contributed by atoms with van der Waals surface area (Å²) in [5.41, 5.74) is 3.15. The highest BCUT2D eigenvalue weighted by atomic mass is 35.5. The molecule has 2 rings (SSSR count). The van der Waals surface area contributed by atoms with E-state index in [0.29, 0.717) is 19.5 Å². The van der Waals surface area contributed by atoms with Crippen molar-refractivity contribution in [3.63, 3.8) is 0 Å². The molecule has 0 aromatic heterocycles. The molecule has 0 aliphatic heterocycles. The van der Waals surface area contributed by atoms with Gasteiger partial charge in [-0.3, -0.25) is 4.79 Å². The zero-order valence-electron chi connectivity index (χ0n) is 12.7. The third kappa shape index (κ3) is 5.17. The van der Waals surface area contributed by atoms with Crippen LogP contribution in [0.1, 0.15) is 24.5 Å². The van der Waals surface area contributed by atoms with Gasteiger partial charge >= 0.3 is 0 Å². The van der Waals surface area contributed by atoms with Gasteiger partial charge in [0.05, 0.1) is 0 Å². The molecule has 0 fully saturated rings. The number of amides is 1. The smallest absolute Gasteiger partial charge is 0.225 e. The summed E-state index contributed by atoms with van der Waals surface area (Å²) in [5, 5.41) is 6.88. The Labute approximate surface area is 136 Å². The second kappa shape index (κ2) is 8.57. The normalized spacial score (nSPS) is 10.5. The third-order valence-corrected chi connectivity index (χ3v) is 3.82. The van der Waals surface area contributed by atoms with E-state index in [1.807, 2.05) is 48.5 Å². The van der Waals surface area contributed by atoms with Crippen LogP contribution in [0.5, 0.6) is 0 Å². The van der Waals surface area contributed by atoms with Gasteiger partial charge in [0, 0.05) is 30.2 Å². The molecule has 0 aliphatic rings. The van der Waals surface area contributed by atoms with Crippen LogP contribution in [0.4, 0.5) is 5.69 Å². The Morgan fingerprint density at radius 1 is 1.09 bits per heavy atom. The molecule has 116 valence electrons. The summed E-state index contributed by atoms with van der Waals surface area (Å²) in [7, 11) is 0. The van der Waals surface area contributed by atoms with Crippen molar-refractivity contribution < 1.29 is 4.79 Å². The molecule has 2 N–H and O–H groups in total. The molecule has 0 bridgehead atoms. The molecule has 22 heavy (non-hydrogen) atoms. The first-order valence-electron chi connectivity index (χ1n) is 7.52. The fourth-order valence-electron chi connectivity index (χ4n) is 2.11. The number of hydrogen-bond acceptors (Lipinski definition) is 2. The molecular formula is C18H21ClN2O. The van der Waals surface area contributed by atoms with Gasteiger partial charge in [-0.1, -0.05) is 48.9 Å². The Balaban J connectivity index is 1.70. The molecule has 0 unspecified atom stereocenters. The summed E-state index contributed by atoms with van der Waals surface area (Å²) < 4.78 is 0. The second-order valence-corrected chi connectivity index (χ2v) is 5.52. The quantitative estimate of drug-likeness (QED) is 0.757. The molecule has 0 radical (unpaired) electrons. The lowest BCUT2D eigenvalue weighted by Crippen LogP contribution is -2.21. The summed E-state index contributed by atoms with van der Waals surface area (Å²) in [5.74, 6) is 0.0101. The van der Waals surface area contributed by atoms with Gasteiger partial charge in [0.15, 0.2) is 0 Å². The van der Waals surface area contributed by atoms with Crippen molar-refractivity contribution in [3.05, 3.63) is 64.7 Å². The average Bonchev–Trinajstić information content (AvgIpc) is 2.54. The number of carbonyl (C=O) groups excluding carboxylic acids is 1. The number of hydrogen-bond donors (Lipinski definition) is 2. The summed E-state index contributed by atoms with van der Waals surface area (Å²) >= 11 is 6.08. The van der Waals surface area contributed by atoms with Crippen molar-refractivity contribution in [2.24, 2.45) is 0 Å². The number of carbonyl (C=O) groups is 1. The molecule has 3 nitrogen and oxygen atoms in total. The maximum atomic E-state index is 11.9. The zero-order valence-corrected chi connectivity index (χ0v) is 13.5. The van der Waals surface area contributed by atoms with E-state index in [1.54, 1.807) is 0 Å². The Hall–Kier alpha value is -1.84. The summed E-state index contributed by atoms with van der Waals surface area (Å²) in [6, 6.07) is 15.6.